The summed E-state index contributed by atoms with van der Waals surface area (Å²) in [4.78, 5) is 14.8. The van der Waals surface area contributed by atoms with Crippen LogP contribution < -0.4 is 0 Å². The van der Waals surface area contributed by atoms with E-state index in [9.17, 15) is 4.79 Å². The summed E-state index contributed by atoms with van der Waals surface area (Å²) in [5.41, 5.74) is 0. The lowest BCUT2D eigenvalue weighted by Gasteiger charge is -2.07. The van der Waals surface area contributed by atoms with E-state index >= 15 is 0 Å². The van der Waals surface area contributed by atoms with E-state index in [1.165, 1.54) is 23.3 Å². The molecule has 0 spiro atoms. The molecule has 1 aromatic heterocycles. The quantitative estimate of drug-likeness (QED) is 0.624. The summed E-state index contributed by atoms with van der Waals surface area (Å²) >= 11 is 0. The van der Waals surface area contributed by atoms with Gasteiger partial charge in [-0.1, -0.05) is 12.7 Å². The molecule has 4 nitrogen and oxygen atoms in total. The fraction of sp³-hybridized carbons (Fsp3) is 0.250. The molecule has 0 saturated carbocycles. The van der Waals surface area contributed by atoms with E-state index in [0.29, 0.717) is 0 Å². The maximum absolute atomic E-state index is 11.1. The van der Waals surface area contributed by atoms with Crippen molar-refractivity contribution in [1.29, 1.82) is 0 Å². The predicted molar refractivity (Wildman–Crippen MR) is 43.8 cm³/mol. The first-order valence-corrected chi connectivity index (χ1v) is 3.55. The highest BCUT2D eigenvalue weighted by Crippen LogP contribution is 1.96. The Balaban J connectivity index is 2.55. The van der Waals surface area contributed by atoms with Gasteiger partial charge >= 0.3 is 6.09 Å². The lowest BCUT2D eigenvalue weighted by molar-refractivity contribution is 0.128. The molecule has 0 aliphatic heterocycles. The van der Waals surface area contributed by atoms with Crippen molar-refractivity contribution in [3.63, 3.8) is 0 Å². The van der Waals surface area contributed by atoms with Crippen LogP contribution in [0.3, 0.4) is 0 Å². The van der Waals surface area contributed by atoms with E-state index in [0.717, 1.165) is 0 Å². The van der Waals surface area contributed by atoms with E-state index in [1.54, 1.807) is 13.0 Å². The largest absolute Gasteiger partial charge is 0.442 e. The Kier molecular flexibility index (Phi) is 2.63. The molecule has 12 heavy (non-hydrogen) atoms. The second-order valence-corrected chi connectivity index (χ2v) is 2.29. The third-order valence-corrected chi connectivity index (χ3v) is 1.33. The summed E-state index contributed by atoms with van der Waals surface area (Å²) in [6, 6.07) is 0. The van der Waals surface area contributed by atoms with Crippen LogP contribution in [0.1, 0.15) is 6.92 Å². The molecule has 0 aliphatic carbocycles. The molecule has 1 aromatic rings. The topological polar surface area (TPSA) is 44.1 Å². The summed E-state index contributed by atoms with van der Waals surface area (Å²) in [6.45, 7) is 5.23. The first kappa shape index (κ1) is 8.52. The molecule has 0 fully saturated rings. The zero-order valence-corrected chi connectivity index (χ0v) is 6.80. The number of hydrogen-bond donors (Lipinski definition) is 0. The summed E-state index contributed by atoms with van der Waals surface area (Å²) < 4.78 is 6.17. The van der Waals surface area contributed by atoms with Crippen LogP contribution >= 0.6 is 0 Å². The second-order valence-electron chi connectivity index (χ2n) is 2.29. The molecule has 4 heteroatoms. The van der Waals surface area contributed by atoms with Crippen molar-refractivity contribution in [2.24, 2.45) is 0 Å². The Morgan fingerprint density at radius 3 is 3.08 bits per heavy atom. The molecule has 0 amide bonds. The van der Waals surface area contributed by atoms with Gasteiger partial charge in [-0.3, -0.25) is 0 Å². The van der Waals surface area contributed by atoms with Gasteiger partial charge in [-0.2, -0.15) is 0 Å². The zero-order chi connectivity index (χ0) is 8.97. The van der Waals surface area contributed by atoms with E-state index in [2.05, 4.69) is 11.6 Å². The van der Waals surface area contributed by atoms with Gasteiger partial charge in [0.1, 0.15) is 12.4 Å². The molecule has 1 heterocycles. The molecule has 64 valence electrons. The van der Waals surface area contributed by atoms with Gasteiger partial charge in [0.15, 0.2) is 0 Å². The number of nitrogens with zero attached hydrogens (tertiary/aromatic N) is 2. The van der Waals surface area contributed by atoms with Gasteiger partial charge in [0.25, 0.3) is 0 Å². The van der Waals surface area contributed by atoms with Crippen LogP contribution in [-0.4, -0.2) is 21.7 Å². The summed E-state index contributed by atoms with van der Waals surface area (Å²) in [5, 5.41) is 0. The van der Waals surface area contributed by atoms with Crippen LogP contribution in [0.2, 0.25) is 0 Å². The molecular weight excluding hydrogens is 156 g/mol. The Hall–Kier alpha value is -1.58. The lowest BCUT2D eigenvalue weighted by Crippen LogP contribution is -2.17. The van der Waals surface area contributed by atoms with Crippen LogP contribution in [-0.2, 0) is 4.74 Å². The lowest BCUT2D eigenvalue weighted by atomic mass is 10.4. The molecule has 0 aliphatic rings. The zero-order valence-electron chi connectivity index (χ0n) is 6.80. The van der Waals surface area contributed by atoms with Crippen LogP contribution in [0, 0.1) is 0 Å². The van der Waals surface area contributed by atoms with Crippen molar-refractivity contribution in [2.45, 2.75) is 13.0 Å². The van der Waals surface area contributed by atoms with Crippen molar-refractivity contribution in [1.82, 2.24) is 9.55 Å². The van der Waals surface area contributed by atoms with Crippen molar-refractivity contribution >= 4 is 6.09 Å². The number of imidazole rings is 1. The van der Waals surface area contributed by atoms with Crippen LogP contribution in [0.15, 0.2) is 31.4 Å². The van der Waals surface area contributed by atoms with Gasteiger partial charge < -0.3 is 4.74 Å². The van der Waals surface area contributed by atoms with Crippen molar-refractivity contribution in [2.75, 3.05) is 0 Å². The fourth-order valence-corrected chi connectivity index (χ4v) is 0.635. The summed E-state index contributed by atoms with van der Waals surface area (Å²) in [6.07, 6.45) is 5.25. The number of carbonyl (C=O) groups is 1. The molecule has 0 N–H and O–H groups in total. The van der Waals surface area contributed by atoms with Gasteiger partial charge in [0.2, 0.25) is 0 Å². The summed E-state index contributed by atoms with van der Waals surface area (Å²) in [5.74, 6) is 0. The van der Waals surface area contributed by atoms with E-state index in [-0.39, 0.29) is 6.10 Å². The maximum atomic E-state index is 11.1. The van der Waals surface area contributed by atoms with Crippen LogP contribution in [0.25, 0.3) is 0 Å². The predicted octanol–water partition coefficient (Wildman–Crippen LogP) is 1.44. The average molecular weight is 166 g/mol. The molecule has 0 saturated heterocycles. The number of carbonyl (C=O) groups excluding carboxylic acids is 1. The van der Waals surface area contributed by atoms with Crippen molar-refractivity contribution in [3.8, 4) is 0 Å². The van der Waals surface area contributed by atoms with Crippen LogP contribution in [0.5, 0.6) is 0 Å². The van der Waals surface area contributed by atoms with Gasteiger partial charge in [-0.05, 0) is 6.92 Å². The number of aromatic nitrogens is 2. The normalized spacial score (nSPS) is 12.1. The SMILES string of the molecule is C=C[C@H](C)OC(=O)n1ccnc1. The highest BCUT2D eigenvalue weighted by Gasteiger charge is 2.06. The van der Waals surface area contributed by atoms with E-state index in [4.69, 9.17) is 4.74 Å². The fourth-order valence-electron chi connectivity index (χ4n) is 0.635. The highest BCUT2D eigenvalue weighted by molar-refractivity contribution is 5.70. The second kappa shape index (κ2) is 3.71. The number of hydrogen-bond acceptors (Lipinski definition) is 3. The third kappa shape index (κ3) is 1.95. The standard InChI is InChI=1S/C8H10N2O2/c1-3-7(2)12-8(11)10-5-4-9-6-10/h3-7H,1H2,2H3/t7-/m0/s1. The number of ether oxygens (including phenoxy) is 1. The van der Waals surface area contributed by atoms with Gasteiger partial charge in [0, 0.05) is 12.4 Å². The Labute approximate surface area is 70.5 Å². The molecule has 1 atom stereocenters. The first-order valence-electron chi connectivity index (χ1n) is 3.55. The van der Waals surface area contributed by atoms with Gasteiger partial charge in [-0.25, -0.2) is 14.3 Å². The molecule has 0 bridgehead atoms. The van der Waals surface area contributed by atoms with Gasteiger partial charge in [0.05, 0.1) is 0 Å². The average Bonchev–Trinajstić information content (AvgIpc) is 2.56. The minimum Gasteiger partial charge on any atom is -0.442 e. The van der Waals surface area contributed by atoms with E-state index < -0.39 is 6.09 Å². The smallest absolute Gasteiger partial charge is 0.419 e. The minimum atomic E-state index is -0.445. The Bertz CT molecular complexity index is 267. The van der Waals surface area contributed by atoms with Crippen molar-refractivity contribution in [3.05, 3.63) is 31.4 Å². The molecular formula is C8H10N2O2. The first-order chi connectivity index (χ1) is 5.74. The third-order valence-electron chi connectivity index (χ3n) is 1.33. The summed E-state index contributed by atoms with van der Waals surface area (Å²) in [7, 11) is 0. The van der Waals surface area contributed by atoms with Crippen LogP contribution in [0.4, 0.5) is 4.79 Å². The van der Waals surface area contributed by atoms with E-state index in [1.807, 2.05) is 0 Å². The Morgan fingerprint density at radius 1 is 1.83 bits per heavy atom. The molecule has 0 radical (unpaired) electrons. The van der Waals surface area contributed by atoms with Crippen molar-refractivity contribution < 1.29 is 9.53 Å². The highest BCUT2D eigenvalue weighted by atomic mass is 16.6. The maximum Gasteiger partial charge on any atom is 0.419 e. The molecule has 1 rings (SSSR count). The Morgan fingerprint density at radius 2 is 2.58 bits per heavy atom. The molecule has 0 aromatic carbocycles. The number of rotatable bonds is 2. The minimum absolute atomic E-state index is 0.278. The van der Waals surface area contributed by atoms with Gasteiger partial charge in [-0.15, -0.1) is 0 Å². The monoisotopic (exact) mass is 166 g/mol. The molecule has 0 unspecified atom stereocenters.